The highest BCUT2D eigenvalue weighted by molar-refractivity contribution is 5.97. The highest BCUT2D eigenvalue weighted by Crippen LogP contribution is 2.35. The van der Waals surface area contributed by atoms with Crippen LogP contribution in [0.1, 0.15) is 15.9 Å². The van der Waals surface area contributed by atoms with Crippen LogP contribution in [0.2, 0.25) is 0 Å². The van der Waals surface area contributed by atoms with E-state index in [4.69, 9.17) is 14.2 Å². The van der Waals surface area contributed by atoms with Crippen molar-refractivity contribution in [1.82, 2.24) is 4.90 Å². The molecule has 0 radical (unpaired) electrons. The molecule has 0 saturated carbocycles. The van der Waals surface area contributed by atoms with Gasteiger partial charge in [-0.25, -0.2) is 4.39 Å². The van der Waals surface area contributed by atoms with Gasteiger partial charge in [0.2, 0.25) is 0 Å². The minimum atomic E-state index is -0.311. The lowest BCUT2D eigenvalue weighted by molar-refractivity contribution is 0.0781. The second-order valence-electron chi connectivity index (χ2n) is 5.20. The monoisotopic (exact) mass is 333 g/mol. The molecular formula is C18H20FNO4. The third-order valence-corrected chi connectivity index (χ3v) is 3.62. The first-order valence-corrected chi connectivity index (χ1v) is 7.30. The average molecular weight is 333 g/mol. The molecule has 0 saturated heterocycles. The van der Waals surface area contributed by atoms with Gasteiger partial charge in [0.15, 0.2) is 11.5 Å². The fourth-order valence-corrected chi connectivity index (χ4v) is 2.34. The largest absolute Gasteiger partial charge is 0.496 e. The van der Waals surface area contributed by atoms with Crippen molar-refractivity contribution in [2.45, 2.75) is 6.54 Å². The van der Waals surface area contributed by atoms with Gasteiger partial charge in [0.25, 0.3) is 5.91 Å². The topological polar surface area (TPSA) is 48.0 Å². The predicted molar refractivity (Wildman–Crippen MR) is 88.3 cm³/mol. The van der Waals surface area contributed by atoms with Crippen molar-refractivity contribution in [1.29, 1.82) is 0 Å². The minimum absolute atomic E-state index is 0.239. The smallest absolute Gasteiger partial charge is 0.257 e. The van der Waals surface area contributed by atoms with E-state index in [9.17, 15) is 9.18 Å². The van der Waals surface area contributed by atoms with Gasteiger partial charge in [0.05, 0.1) is 26.9 Å². The first-order valence-electron chi connectivity index (χ1n) is 7.30. The molecule has 2 rings (SSSR count). The van der Waals surface area contributed by atoms with Crippen molar-refractivity contribution in [3.05, 3.63) is 53.3 Å². The molecule has 2 aromatic carbocycles. The lowest BCUT2D eigenvalue weighted by Gasteiger charge is -2.20. The van der Waals surface area contributed by atoms with E-state index in [2.05, 4.69) is 0 Å². The molecule has 0 fully saturated rings. The van der Waals surface area contributed by atoms with E-state index in [0.29, 0.717) is 29.4 Å². The highest BCUT2D eigenvalue weighted by Gasteiger charge is 2.20. The number of hydrogen-bond donors (Lipinski definition) is 0. The molecule has 0 atom stereocenters. The summed E-state index contributed by atoms with van der Waals surface area (Å²) in [5.41, 5.74) is 1.19. The van der Waals surface area contributed by atoms with Gasteiger partial charge < -0.3 is 19.1 Å². The van der Waals surface area contributed by atoms with Crippen LogP contribution in [0, 0.1) is 5.82 Å². The Kier molecular flexibility index (Phi) is 5.63. The molecule has 0 spiro atoms. The maximum Gasteiger partial charge on any atom is 0.257 e. The Morgan fingerprint density at radius 3 is 2.04 bits per heavy atom. The van der Waals surface area contributed by atoms with Crippen molar-refractivity contribution in [3.63, 3.8) is 0 Å². The molecule has 0 aliphatic rings. The quantitative estimate of drug-likeness (QED) is 0.815. The minimum Gasteiger partial charge on any atom is -0.496 e. The van der Waals surface area contributed by atoms with Gasteiger partial charge in [0.1, 0.15) is 11.6 Å². The maximum atomic E-state index is 13.0. The van der Waals surface area contributed by atoms with Gasteiger partial charge in [-0.1, -0.05) is 12.1 Å². The number of ether oxygens (including phenoxy) is 3. The van der Waals surface area contributed by atoms with E-state index >= 15 is 0 Å². The highest BCUT2D eigenvalue weighted by atomic mass is 19.1. The maximum absolute atomic E-state index is 13.0. The fraction of sp³-hybridized carbons (Fsp3) is 0.278. The molecule has 0 aromatic heterocycles. The van der Waals surface area contributed by atoms with E-state index in [1.165, 1.54) is 38.4 Å². The van der Waals surface area contributed by atoms with E-state index in [-0.39, 0.29) is 11.7 Å². The van der Waals surface area contributed by atoms with E-state index < -0.39 is 0 Å². The van der Waals surface area contributed by atoms with Crippen LogP contribution in [0.5, 0.6) is 17.2 Å². The van der Waals surface area contributed by atoms with Crippen molar-refractivity contribution in [3.8, 4) is 17.2 Å². The first kappa shape index (κ1) is 17.6. The lowest BCUT2D eigenvalue weighted by atomic mass is 10.1. The summed E-state index contributed by atoms with van der Waals surface area (Å²) in [5.74, 6) is 0.763. The number of benzene rings is 2. The molecular weight excluding hydrogens is 313 g/mol. The van der Waals surface area contributed by atoms with Gasteiger partial charge in [-0.15, -0.1) is 0 Å². The molecule has 2 aromatic rings. The predicted octanol–water partition coefficient (Wildman–Crippen LogP) is 3.12. The van der Waals surface area contributed by atoms with E-state index in [1.54, 1.807) is 31.3 Å². The Bertz CT molecular complexity index is 716. The van der Waals surface area contributed by atoms with E-state index in [0.717, 1.165) is 5.56 Å². The third-order valence-electron chi connectivity index (χ3n) is 3.62. The lowest BCUT2D eigenvalue weighted by Crippen LogP contribution is -2.26. The Hall–Kier alpha value is -2.76. The molecule has 0 bridgehead atoms. The Balaban J connectivity index is 2.28. The molecule has 0 N–H and O–H groups in total. The zero-order chi connectivity index (χ0) is 17.7. The number of rotatable bonds is 6. The number of halogens is 1. The zero-order valence-electron chi connectivity index (χ0n) is 14.1. The van der Waals surface area contributed by atoms with Crippen LogP contribution in [0.25, 0.3) is 0 Å². The van der Waals surface area contributed by atoms with Crippen LogP contribution in [0.4, 0.5) is 4.39 Å². The molecule has 128 valence electrons. The van der Waals surface area contributed by atoms with Crippen LogP contribution in [-0.4, -0.2) is 39.2 Å². The van der Waals surface area contributed by atoms with Crippen LogP contribution in [0.15, 0.2) is 36.4 Å². The van der Waals surface area contributed by atoms with Crippen LogP contribution >= 0.6 is 0 Å². The summed E-state index contributed by atoms with van der Waals surface area (Å²) in [7, 11) is 6.17. The van der Waals surface area contributed by atoms with Crippen LogP contribution < -0.4 is 14.2 Å². The normalized spacial score (nSPS) is 10.2. The number of carbonyl (C=O) groups excluding carboxylic acids is 1. The summed E-state index contributed by atoms with van der Waals surface area (Å²) >= 11 is 0. The zero-order valence-corrected chi connectivity index (χ0v) is 14.1. The summed E-state index contributed by atoms with van der Waals surface area (Å²) < 4.78 is 28.7. The summed E-state index contributed by atoms with van der Waals surface area (Å²) in [5, 5.41) is 0. The Morgan fingerprint density at radius 2 is 1.50 bits per heavy atom. The number of amides is 1. The molecule has 6 heteroatoms. The summed E-state index contributed by atoms with van der Waals surface area (Å²) in [6.45, 7) is 0.344. The second kappa shape index (κ2) is 7.68. The number of methoxy groups -OCH3 is 3. The summed E-state index contributed by atoms with van der Waals surface area (Å²) in [6.07, 6.45) is 0. The molecule has 5 nitrogen and oxygen atoms in total. The molecule has 24 heavy (non-hydrogen) atoms. The molecule has 0 heterocycles. The molecule has 0 aliphatic heterocycles. The van der Waals surface area contributed by atoms with Gasteiger partial charge in [-0.2, -0.15) is 0 Å². The van der Waals surface area contributed by atoms with Gasteiger partial charge in [-0.05, 0) is 17.7 Å². The molecule has 0 unspecified atom stereocenters. The van der Waals surface area contributed by atoms with Crippen molar-refractivity contribution >= 4 is 5.91 Å². The van der Waals surface area contributed by atoms with Crippen LogP contribution in [0.3, 0.4) is 0 Å². The molecule has 1 amide bonds. The number of hydrogen-bond acceptors (Lipinski definition) is 4. The number of nitrogens with zero attached hydrogens (tertiary/aromatic N) is 1. The van der Waals surface area contributed by atoms with Gasteiger partial charge >= 0.3 is 0 Å². The fourth-order valence-electron chi connectivity index (χ4n) is 2.34. The van der Waals surface area contributed by atoms with Crippen molar-refractivity contribution < 1.29 is 23.4 Å². The summed E-state index contributed by atoms with van der Waals surface area (Å²) in [4.78, 5) is 14.3. The van der Waals surface area contributed by atoms with Crippen molar-refractivity contribution in [2.75, 3.05) is 28.4 Å². The molecule has 0 aliphatic carbocycles. The third kappa shape index (κ3) is 3.76. The summed E-state index contributed by atoms with van der Waals surface area (Å²) in [6, 6.07) is 9.21. The SMILES string of the molecule is COc1cc(OC)c(C(=O)N(C)Cc2ccc(F)cc2)cc1OC. The van der Waals surface area contributed by atoms with Gasteiger partial charge in [-0.3, -0.25) is 4.79 Å². The van der Waals surface area contributed by atoms with Gasteiger partial charge in [0, 0.05) is 25.7 Å². The average Bonchev–Trinajstić information content (AvgIpc) is 2.61. The first-order chi connectivity index (χ1) is 11.5. The van der Waals surface area contributed by atoms with E-state index in [1.807, 2.05) is 0 Å². The standard InChI is InChI=1S/C18H20FNO4/c1-20(11-12-5-7-13(19)8-6-12)18(21)14-9-16(23-3)17(24-4)10-15(14)22-2/h5-10H,11H2,1-4H3. The van der Waals surface area contributed by atoms with Crippen LogP contribution in [-0.2, 0) is 6.54 Å². The second-order valence-corrected chi connectivity index (χ2v) is 5.20. The van der Waals surface area contributed by atoms with Crippen molar-refractivity contribution in [2.24, 2.45) is 0 Å². The Morgan fingerprint density at radius 1 is 0.958 bits per heavy atom. The Labute approximate surface area is 140 Å². The number of carbonyl (C=O) groups is 1.